The standard InChI is InChI=1S/C13H12Cl/c1-2-5-13(14)12-9-8-10-6-3-4-7-11(10)12/h2-5,7-9,12-13H,1H3/b5-2+. The number of hydrogen-bond donors (Lipinski definition) is 0. The fraction of sp³-hybridized carbons (Fsp3) is 0.231. The molecule has 1 heteroatoms. The number of benzene rings is 1. The van der Waals surface area contributed by atoms with Gasteiger partial charge in [0, 0.05) is 5.92 Å². The number of hydrogen-bond acceptors (Lipinski definition) is 0. The van der Waals surface area contributed by atoms with Crippen molar-refractivity contribution in [2.45, 2.75) is 18.2 Å². The topological polar surface area (TPSA) is 0 Å². The Morgan fingerprint density at radius 1 is 1.57 bits per heavy atom. The molecule has 1 aromatic rings. The lowest BCUT2D eigenvalue weighted by atomic mass is 9.97. The molecule has 0 bridgehead atoms. The zero-order chi connectivity index (χ0) is 9.97. The van der Waals surface area contributed by atoms with Crippen LogP contribution < -0.4 is 0 Å². The molecule has 0 aromatic heterocycles. The Morgan fingerprint density at radius 2 is 2.43 bits per heavy atom. The van der Waals surface area contributed by atoms with Gasteiger partial charge in [0.15, 0.2) is 0 Å². The van der Waals surface area contributed by atoms with Crippen LogP contribution in [0.1, 0.15) is 24.0 Å². The van der Waals surface area contributed by atoms with E-state index in [9.17, 15) is 0 Å². The molecule has 0 spiro atoms. The van der Waals surface area contributed by atoms with E-state index >= 15 is 0 Å². The molecule has 0 saturated heterocycles. The van der Waals surface area contributed by atoms with Gasteiger partial charge < -0.3 is 0 Å². The number of alkyl halides is 1. The number of allylic oxidation sites excluding steroid dienone is 3. The Balaban J connectivity index is 2.30. The minimum atomic E-state index is 0.0494. The van der Waals surface area contributed by atoms with Gasteiger partial charge in [0.25, 0.3) is 0 Å². The Morgan fingerprint density at radius 3 is 3.21 bits per heavy atom. The molecule has 0 saturated carbocycles. The first kappa shape index (κ1) is 9.54. The second kappa shape index (κ2) is 4.02. The van der Waals surface area contributed by atoms with Crippen LogP contribution in [0.25, 0.3) is 6.08 Å². The SMILES string of the molecule is C/C=C/C(Cl)C1C=Cc2[c]cccc21. The number of rotatable bonds is 2. The van der Waals surface area contributed by atoms with Crippen LogP contribution in [0.2, 0.25) is 0 Å². The molecular formula is C13H12Cl. The fourth-order valence-corrected chi connectivity index (χ4v) is 2.15. The van der Waals surface area contributed by atoms with E-state index in [0.717, 1.165) is 0 Å². The molecular weight excluding hydrogens is 192 g/mol. The van der Waals surface area contributed by atoms with Crippen molar-refractivity contribution in [3.05, 3.63) is 53.6 Å². The molecule has 1 aromatic carbocycles. The van der Waals surface area contributed by atoms with E-state index in [0.29, 0.717) is 5.92 Å². The van der Waals surface area contributed by atoms with Gasteiger partial charge in [-0.1, -0.05) is 42.5 Å². The molecule has 0 aliphatic heterocycles. The normalized spacial score (nSPS) is 21.4. The van der Waals surface area contributed by atoms with E-state index in [2.05, 4.69) is 24.3 Å². The first-order valence-corrected chi connectivity index (χ1v) is 5.22. The zero-order valence-electron chi connectivity index (χ0n) is 8.07. The molecule has 1 aliphatic carbocycles. The third-order valence-corrected chi connectivity index (χ3v) is 2.89. The summed E-state index contributed by atoms with van der Waals surface area (Å²) in [6.45, 7) is 1.99. The fourth-order valence-electron chi connectivity index (χ4n) is 1.78. The highest BCUT2D eigenvalue weighted by Crippen LogP contribution is 2.34. The highest BCUT2D eigenvalue weighted by molar-refractivity contribution is 6.22. The smallest absolute Gasteiger partial charge is 0.0619 e. The maximum absolute atomic E-state index is 6.26. The summed E-state index contributed by atoms with van der Waals surface area (Å²) in [5.41, 5.74) is 2.46. The predicted octanol–water partition coefficient (Wildman–Crippen LogP) is 3.78. The average molecular weight is 204 g/mol. The summed E-state index contributed by atoms with van der Waals surface area (Å²) in [5.74, 6) is 0.306. The maximum Gasteiger partial charge on any atom is 0.0619 e. The second-order valence-corrected chi connectivity index (χ2v) is 3.90. The minimum absolute atomic E-state index is 0.0494. The van der Waals surface area contributed by atoms with E-state index < -0.39 is 0 Å². The monoisotopic (exact) mass is 203 g/mol. The van der Waals surface area contributed by atoms with Gasteiger partial charge in [-0.05, 0) is 24.1 Å². The Hall–Kier alpha value is -1.01. The molecule has 2 rings (SSSR count). The van der Waals surface area contributed by atoms with Crippen molar-refractivity contribution in [3.8, 4) is 0 Å². The summed E-state index contributed by atoms with van der Waals surface area (Å²) in [6.07, 6.45) is 8.27. The minimum Gasteiger partial charge on any atom is -0.117 e. The van der Waals surface area contributed by atoms with Crippen LogP contribution in [0.3, 0.4) is 0 Å². The lowest BCUT2D eigenvalue weighted by Crippen LogP contribution is -2.06. The highest BCUT2D eigenvalue weighted by Gasteiger charge is 2.22. The van der Waals surface area contributed by atoms with Gasteiger partial charge in [0.1, 0.15) is 0 Å². The summed E-state index contributed by atoms with van der Waals surface area (Å²) in [7, 11) is 0. The molecule has 0 heterocycles. The van der Waals surface area contributed by atoms with Crippen LogP contribution in [0, 0.1) is 6.07 Å². The Labute approximate surface area is 89.9 Å². The molecule has 0 fully saturated rings. The van der Waals surface area contributed by atoms with Gasteiger partial charge in [0.2, 0.25) is 0 Å². The van der Waals surface area contributed by atoms with E-state index in [1.165, 1.54) is 11.1 Å². The van der Waals surface area contributed by atoms with Crippen molar-refractivity contribution in [2.24, 2.45) is 0 Å². The van der Waals surface area contributed by atoms with Gasteiger partial charge >= 0.3 is 0 Å². The maximum atomic E-state index is 6.26. The van der Waals surface area contributed by atoms with Crippen LogP contribution >= 0.6 is 11.6 Å². The lowest BCUT2D eigenvalue weighted by Gasteiger charge is -2.13. The quantitative estimate of drug-likeness (QED) is 0.507. The Bertz CT molecular complexity index is 377. The summed E-state index contributed by atoms with van der Waals surface area (Å²) >= 11 is 6.26. The summed E-state index contributed by atoms with van der Waals surface area (Å²) in [4.78, 5) is 0. The third-order valence-electron chi connectivity index (χ3n) is 2.47. The van der Waals surface area contributed by atoms with Gasteiger partial charge in [0.05, 0.1) is 5.38 Å². The number of halogens is 1. The third kappa shape index (κ3) is 1.62. The molecule has 2 unspecified atom stereocenters. The van der Waals surface area contributed by atoms with Crippen molar-refractivity contribution >= 4 is 17.7 Å². The van der Waals surface area contributed by atoms with Gasteiger partial charge in [-0.25, -0.2) is 0 Å². The average Bonchev–Trinajstić information content (AvgIpc) is 2.61. The zero-order valence-corrected chi connectivity index (χ0v) is 8.83. The molecule has 14 heavy (non-hydrogen) atoms. The molecule has 1 aliphatic rings. The lowest BCUT2D eigenvalue weighted by molar-refractivity contribution is 0.886. The molecule has 0 amide bonds. The van der Waals surface area contributed by atoms with E-state index in [-0.39, 0.29) is 5.38 Å². The summed E-state index contributed by atoms with van der Waals surface area (Å²) in [5, 5.41) is 0.0494. The van der Waals surface area contributed by atoms with E-state index in [1.807, 2.05) is 31.2 Å². The van der Waals surface area contributed by atoms with Gasteiger partial charge in [-0.2, -0.15) is 0 Å². The van der Waals surface area contributed by atoms with Crippen molar-refractivity contribution in [1.82, 2.24) is 0 Å². The first-order valence-electron chi connectivity index (χ1n) is 4.78. The predicted molar refractivity (Wildman–Crippen MR) is 61.5 cm³/mol. The Kier molecular flexibility index (Phi) is 2.74. The first-order chi connectivity index (χ1) is 6.83. The van der Waals surface area contributed by atoms with Crippen LogP contribution in [0.4, 0.5) is 0 Å². The van der Waals surface area contributed by atoms with Gasteiger partial charge in [-0.15, -0.1) is 11.6 Å². The van der Waals surface area contributed by atoms with Crippen molar-refractivity contribution in [3.63, 3.8) is 0 Å². The van der Waals surface area contributed by atoms with E-state index in [4.69, 9.17) is 11.6 Å². The summed E-state index contributed by atoms with van der Waals surface area (Å²) < 4.78 is 0. The summed E-state index contributed by atoms with van der Waals surface area (Å²) in [6, 6.07) is 9.27. The van der Waals surface area contributed by atoms with Crippen LogP contribution in [0.5, 0.6) is 0 Å². The van der Waals surface area contributed by atoms with Crippen molar-refractivity contribution < 1.29 is 0 Å². The van der Waals surface area contributed by atoms with Crippen molar-refractivity contribution in [2.75, 3.05) is 0 Å². The molecule has 1 radical (unpaired) electrons. The van der Waals surface area contributed by atoms with Crippen LogP contribution in [-0.4, -0.2) is 5.38 Å². The largest absolute Gasteiger partial charge is 0.117 e. The van der Waals surface area contributed by atoms with Crippen LogP contribution in [-0.2, 0) is 0 Å². The second-order valence-electron chi connectivity index (χ2n) is 3.39. The highest BCUT2D eigenvalue weighted by atomic mass is 35.5. The number of fused-ring (bicyclic) bond motifs is 1. The molecule has 0 N–H and O–H groups in total. The van der Waals surface area contributed by atoms with Gasteiger partial charge in [-0.3, -0.25) is 0 Å². The van der Waals surface area contributed by atoms with Crippen molar-refractivity contribution in [1.29, 1.82) is 0 Å². The molecule has 2 atom stereocenters. The molecule has 0 nitrogen and oxygen atoms in total. The van der Waals surface area contributed by atoms with Crippen LogP contribution in [0.15, 0.2) is 36.4 Å². The van der Waals surface area contributed by atoms with E-state index in [1.54, 1.807) is 0 Å². The molecule has 71 valence electrons.